The molecule has 1 aromatic carbocycles. The number of rotatable bonds is 7. The van der Waals surface area contributed by atoms with Crippen molar-refractivity contribution in [2.45, 2.75) is 13.5 Å². The van der Waals surface area contributed by atoms with Gasteiger partial charge in [0.05, 0.1) is 17.3 Å². The van der Waals surface area contributed by atoms with Gasteiger partial charge in [0.1, 0.15) is 12.4 Å². The number of hydrogen-bond acceptors (Lipinski definition) is 9. The molecule has 3 heterocycles. The van der Waals surface area contributed by atoms with Gasteiger partial charge in [-0.05, 0) is 30.7 Å². The monoisotopic (exact) mass is 438 g/mol. The third-order valence-electron chi connectivity index (χ3n) is 4.15. The summed E-state index contributed by atoms with van der Waals surface area (Å²) in [6.07, 6.45) is 1.64. The maximum atomic E-state index is 8.97. The Labute approximate surface area is 184 Å². The third-order valence-corrected chi connectivity index (χ3v) is 4.15. The molecular formula is C20H19ClN8O2. The lowest BCUT2D eigenvalue weighted by atomic mass is 10.1. The molecule has 0 aliphatic rings. The number of nitrogens with zero attached hydrogens (tertiary/aromatic N) is 6. The zero-order chi connectivity index (χ0) is 20.9. The summed E-state index contributed by atoms with van der Waals surface area (Å²) in [6, 6.07) is 14.6. The first-order chi connectivity index (χ1) is 14.6. The molecule has 2 N–H and O–H groups in total. The molecule has 0 aliphatic carbocycles. The molecule has 0 amide bonds. The lowest BCUT2D eigenvalue weighted by molar-refractivity contribution is 0.293. The quantitative estimate of drug-likeness (QED) is 0.441. The number of aromatic nitrogens is 5. The number of hydrogen-bond donors (Lipinski definition) is 2. The van der Waals surface area contributed by atoms with E-state index in [4.69, 9.17) is 14.5 Å². The van der Waals surface area contributed by atoms with Gasteiger partial charge >= 0.3 is 0 Å². The Bertz CT molecular complexity index is 1200. The first kappa shape index (κ1) is 21.6. The van der Waals surface area contributed by atoms with Crippen LogP contribution in [0.2, 0.25) is 0 Å². The van der Waals surface area contributed by atoms with E-state index in [1.807, 2.05) is 19.1 Å². The molecule has 0 atom stereocenters. The van der Waals surface area contributed by atoms with Crippen molar-refractivity contribution in [3.8, 4) is 11.9 Å². The van der Waals surface area contributed by atoms with Crippen molar-refractivity contribution in [2.75, 3.05) is 17.3 Å². The summed E-state index contributed by atoms with van der Waals surface area (Å²) in [4.78, 5) is 10.4. The van der Waals surface area contributed by atoms with Crippen LogP contribution in [0.3, 0.4) is 0 Å². The number of nitrogens with one attached hydrogen (secondary N) is 2. The van der Waals surface area contributed by atoms with Crippen LogP contribution >= 0.6 is 12.4 Å². The van der Waals surface area contributed by atoms with Gasteiger partial charge in [0.15, 0.2) is 5.82 Å². The van der Waals surface area contributed by atoms with Gasteiger partial charge in [0.25, 0.3) is 0 Å². The Kier molecular flexibility index (Phi) is 6.69. The predicted octanol–water partition coefficient (Wildman–Crippen LogP) is 3.88. The molecule has 31 heavy (non-hydrogen) atoms. The summed E-state index contributed by atoms with van der Waals surface area (Å²) in [6.45, 7) is 2.16. The lowest BCUT2D eigenvalue weighted by Crippen LogP contribution is -2.12. The second-order valence-corrected chi connectivity index (χ2v) is 6.45. The number of H-pyrrole nitrogens is 1. The molecule has 0 spiro atoms. The van der Waals surface area contributed by atoms with Crippen molar-refractivity contribution in [1.82, 2.24) is 25.3 Å². The molecule has 158 valence electrons. The van der Waals surface area contributed by atoms with Gasteiger partial charge in [0.2, 0.25) is 17.7 Å². The van der Waals surface area contributed by atoms with Crippen molar-refractivity contribution >= 4 is 35.9 Å². The van der Waals surface area contributed by atoms with E-state index in [0.717, 1.165) is 11.3 Å². The number of aromatic amines is 1. The molecule has 0 bridgehead atoms. The Hall–Kier alpha value is -4.10. The number of halogens is 1. The minimum absolute atomic E-state index is 0. The first-order valence-corrected chi connectivity index (χ1v) is 9.05. The highest BCUT2D eigenvalue weighted by Gasteiger charge is 2.13. The zero-order valence-electron chi connectivity index (χ0n) is 16.7. The van der Waals surface area contributed by atoms with E-state index in [1.54, 1.807) is 48.5 Å². The van der Waals surface area contributed by atoms with E-state index < -0.39 is 0 Å². The van der Waals surface area contributed by atoms with Gasteiger partial charge in [0, 0.05) is 25.4 Å². The fourth-order valence-electron chi connectivity index (χ4n) is 2.65. The van der Waals surface area contributed by atoms with Crippen molar-refractivity contribution in [3.05, 3.63) is 65.5 Å². The SMILES string of the molecule is Cc1cc(N(C)c2nccc(Nc3cc(OCc4cccc(C#N)c4)[nH]n3)n2)on1.Cl. The standard InChI is InChI=1S/C20H18N8O2.ClH/c1-13-8-19(30-27-13)28(2)20-22-7-6-16(24-20)23-17-10-18(26-25-17)29-12-15-5-3-4-14(9-15)11-21;/h3-10H,12H2,1-2H3,(H2,22,23,24,25,26);1H. The van der Waals surface area contributed by atoms with Gasteiger partial charge < -0.3 is 14.6 Å². The van der Waals surface area contributed by atoms with Gasteiger partial charge in [-0.25, -0.2) is 10.1 Å². The van der Waals surface area contributed by atoms with Crippen molar-refractivity contribution in [2.24, 2.45) is 0 Å². The molecule has 0 saturated carbocycles. The van der Waals surface area contributed by atoms with Crippen LogP contribution in [0.1, 0.15) is 16.8 Å². The summed E-state index contributed by atoms with van der Waals surface area (Å²) < 4.78 is 10.9. The zero-order valence-corrected chi connectivity index (χ0v) is 17.6. The summed E-state index contributed by atoms with van der Waals surface area (Å²) in [5, 5.41) is 22.9. The Morgan fingerprint density at radius 3 is 2.87 bits per heavy atom. The molecule has 10 nitrogen and oxygen atoms in total. The number of aryl methyl sites for hydroxylation is 1. The normalized spacial score (nSPS) is 10.1. The predicted molar refractivity (Wildman–Crippen MR) is 116 cm³/mol. The maximum absolute atomic E-state index is 8.97. The van der Waals surface area contributed by atoms with Crippen LogP contribution < -0.4 is 15.0 Å². The summed E-state index contributed by atoms with van der Waals surface area (Å²) in [5.74, 6) is 2.57. The summed E-state index contributed by atoms with van der Waals surface area (Å²) in [5.41, 5.74) is 2.26. The number of benzene rings is 1. The van der Waals surface area contributed by atoms with Crippen LogP contribution in [0.15, 0.2) is 53.2 Å². The largest absolute Gasteiger partial charge is 0.473 e. The van der Waals surface area contributed by atoms with Crippen LogP contribution in [0.4, 0.5) is 23.5 Å². The van der Waals surface area contributed by atoms with Crippen LogP contribution in [0.25, 0.3) is 0 Å². The van der Waals surface area contributed by atoms with Crippen LogP contribution in [-0.2, 0) is 6.61 Å². The highest BCUT2D eigenvalue weighted by molar-refractivity contribution is 5.85. The molecule has 0 fully saturated rings. The van der Waals surface area contributed by atoms with Crippen LogP contribution in [0.5, 0.6) is 5.88 Å². The molecule has 11 heteroatoms. The highest BCUT2D eigenvalue weighted by Crippen LogP contribution is 2.23. The Morgan fingerprint density at radius 1 is 1.23 bits per heavy atom. The van der Waals surface area contributed by atoms with Crippen molar-refractivity contribution in [3.63, 3.8) is 0 Å². The average Bonchev–Trinajstić information content (AvgIpc) is 3.41. The molecule has 0 saturated heterocycles. The molecular weight excluding hydrogens is 420 g/mol. The second kappa shape index (κ2) is 9.60. The molecule has 4 rings (SSSR count). The lowest BCUT2D eigenvalue weighted by Gasteiger charge is -2.13. The van der Waals surface area contributed by atoms with E-state index >= 15 is 0 Å². The van der Waals surface area contributed by atoms with Crippen molar-refractivity contribution < 1.29 is 9.26 Å². The average molecular weight is 439 g/mol. The maximum Gasteiger partial charge on any atom is 0.233 e. The Morgan fingerprint density at radius 2 is 2.10 bits per heavy atom. The molecule has 0 aliphatic heterocycles. The minimum Gasteiger partial charge on any atom is -0.473 e. The number of anilines is 4. The van der Waals surface area contributed by atoms with E-state index in [9.17, 15) is 0 Å². The molecule has 0 unspecified atom stereocenters. The minimum atomic E-state index is 0. The topological polar surface area (TPSA) is 129 Å². The van der Waals surface area contributed by atoms with Gasteiger partial charge in [-0.2, -0.15) is 15.3 Å². The number of nitriles is 1. The van der Waals surface area contributed by atoms with Crippen molar-refractivity contribution in [1.29, 1.82) is 5.26 Å². The summed E-state index contributed by atoms with van der Waals surface area (Å²) in [7, 11) is 1.79. The van der Waals surface area contributed by atoms with E-state index in [2.05, 4.69) is 36.7 Å². The fraction of sp³-hybridized carbons (Fsp3) is 0.150. The van der Waals surface area contributed by atoms with E-state index in [-0.39, 0.29) is 12.4 Å². The number of ether oxygens (including phenoxy) is 1. The third kappa shape index (κ3) is 5.29. The molecule has 0 radical (unpaired) electrons. The molecule has 4 aromatic rings. The Balaban J connectivity index is 0.00000272. The highest BCUT2D eigenvalue weighted by atomic mass is 35.5. The first-order valence-electron chi connectivity index (χ1n) is 9.05. The van der Waals surface area contributed by atoms with Gasteiger partial charge in [-0.1, -0.05) is 17.3 Å². The second-order valence-electron chi connectivity index (χ2n) is 6.45. The summed E-state index contributed by atoms with van der Waals surface area (Å²) >= 11 is 0. The molecule has 3 aromatic heterocycles. The van der Waals surface area contributed by atoms with Crippen LogP contribution in [-0.4, -0.2) is 32.4 Å². The van der Waals surface area contributed by atoms with E-state index in [1.165, 1.54) is 0 Å². The fourth-order valence-corrected chi connectivity index (χ4v) is 2.65. The smallest absolute Gasteiger partial charge is 0.233 e. The van der Waals surface area contributed by atoms with Crippen LogP contribution in [0, 0.1) is 18.3 Å². The van der Waals surface area contributed by atoms with Gasteiger partial charge in [-0.3, -0.25) is 4.90 Å². The van der Waals surface area contributed by atoms with E-state index in [0.29, 0.717) is 41.5 Å². The van der Waals surface area contributed by atoms with Gasteiger partial charge in [-0.15, -0.1) is 12.4 Å².